The molecule has 0 unspecified atom stereocenters. The molecule has 0 bridgehead atoms. The number of halogens is 1. The molecule has 0 atom stereocenters. The molecule has 0 aliphatic carbocycles. The second-order valence-electron chi connectivity index (χ2n) is 6.96. The summed E-state index contributed by atoms with van der Waals surface area (Å²) >= 11 is 0. The monoisotopic (exact) mass is 380 g/mol. The van der Waals surface area contributed by atoms with Crippen LogP contribution in [0.1, 0.15) is 21.7 Å². The lowest BCUT2D eigenvalue weighted by molar-refractivity contribution is 0.0624. The van der Waals surface area contributed by atoms with Crippen LogP contribution in [0.15, 0.2) is 53.1 Å². The zero-order valence-corrected chi connectivity index (χ0v) is 15.6. The van der Waals surface area contributed by atoms with Gasteiger partial charge in [0, 0.05) is 37.3 Å². The molecule has 28 heavy (non-hydrogen) atoms. The molecular weight excluding hydrogens is 359 g/mol. The lowest BCUT2D eigenvalue weighted by atomic mass is 10.1. The van der Waals surface area contributed by atoms with E-state index in [2.05, 4.69) is 15.0 Å². The van der Waals surface area contributed by atoms with Crippen molar-refractivity contribution in [2.24, 2.45) is 0 Å². The zero-order valence-electron chi connectivity index (χ0n) is 15.6. The van der Waals surface area contributed by atoms with E-state index >= 15 is 0 Å². The van der Waals surface area contributed by atoms with E-state index in [-0.39, 0.29) is 11.7 Å². The topological polar surface area (TPSA) is 62.5 Å². The minimum atomic E-state index is -0.341. The first-order chi connectivity index (χ1) is 13.6. The molecule has 7 heteroatoms. The summed E-state index contributed by atoms with van der Waals surface area (Å²) in [6.45, 7) is 5.28. The molecule has 1 saturated heterocycles. The number of carbonyl (C=O) groups is 1. The highest BCUT2D eigenvalue weighted by Crippen LogP contribution is 2.18. The van der Waals surface area contributed by atoms with Gasteiger partial charge in [-0.3, -0.25) is 9.69 Å². The zero-order chi connectivity index (χ0) is 19.5. The summed E-state index contributed by atoms with van der Waals surface area (Å²) in [4.78, 5) is 21.0. The molecule has 1 amide bonds. The molecule has 1 aliphatic rings. The first-order valence-corrected chi connectivity index (χ1v) is 9.25. The number of nitrogens with zero attached hydrogens (tertiary/aromatic N) is 4. The molecular formula is C21H21FN4O2. The third-order valence-electron chi connectivity index (χ3n) is 4.88. The van der Waals surface area contributed by atoms with Gasteiger partial charge in [0.15, 0.2) is 5.82 Å². The Morgan fingerprint density at radius 1 is 1.04 bits per heavy atom. The maximum Gasteiger partial charge on any atom is 0.257 e. The van der Waals surface area contributed by atoms with Crippen molar-refractivity contribution in [2.45, 2.75) is 13.5 Å². The van der Waals surface area contributed by atoms with E-state index in [1.165, 1.54) is 29.8 Å². The Morgan fingerprint density at radius 3 is 2.39 bits per heavy atom. The van der Waals surface area contributed by atoms with Crippen molar-refractivity contribution >= 4 is 5.91 Å². The molecule has 1 fully saturated rings. The molecule has 6 nitrogen and oxygen atoms in total. The smallest absolute Gasteiger partial charge is 0.257 e. The van der Waals surface area contributed by atoms with Gasteiger partial charge >= 0.3 is 0 Å². The normalized spacial score (nSPS) is 15.0. The molecule has 2 aromatic carbocycles. The number of piperazine rings is 1. The maximum absolute atomic E-state index is 13.0. The van der Waals surface area contributed by atoms with Crippen molar-refractivity contribution in [2.75, 3.05) is 26.2 Å². The average molecular weight is 380 g/mol. The molecule has 2 heterocycles. The van der Waals surface area contributed by atoms with Crippen LogP contribution in [0.4, 0.5) is 4.39 Å². The number of benzene rings is 2. The van der Waals surface area contributed by atoms with E-state index < -0.39 is 0 Å². The van der Waals surface area contributed by atoms with Crippen LogP contribution < -0.4 is 0 Å². The van der Waals surface area contributed by atoms with Crippen molar-refractivity contribution in [3.8, 4) is 11.5 Å². The number of aryl methyl sites for hydroxylation is 1. The molecule has 144 valence electrons. The van der Waals surface area contributed by atoms with Crippen LogP contribution in [0.2, 0.25) is 0 Å². The standard InChI is InChI=1S/C21H21FN4O2/c1-15-2-4-16(5-3-15)20-23-19(24-28-20)14-25-10-12-26(13-11-25)21(27)17-6-8-18(22)9-7-17/h2-9H,10-14H2,1H3. The van der Waals surface area contributed by atoms with Crippen LogP contribution >= 0.6 is 0 Å². The highest BCUT2D eigenvalue weighted by atomic mass is 19.1. The molecule has 0 spiro atoms. The fourth-order valence-electron chi connectivity index (χ4n) is 3.22. The Balaban J connectivity index is 1.33. The van der Waals surface area contributed by atoms with Gasteiger partial charge in [0.1, 0.15) is 5.82 Å². The van der Waals surface area contributed by atoms with Gasteiger partial charge in [-0.2, -0.15) is 4.98 Å². The van der Waals surface area contributed by atoms with Crippen molar-refractivity contribution in [1.82, 2.24) is 19.9 Å². The van der Waals surface area contributed by atoms with Crippen LogP contribution in [-0.4, -0.2) is 52.0 Å². The fraction of sp³-hybridized carbons (Fsp3) is 0.286. The number of rotatable bonds is 4. The predicted octanol–water partition coefficient (Wildman–Crippen LogP) is 3.14. The average Bonchev–Trinajstić information content (AvgIpc) is 3.18. The van der Waals surface area contributed by atoms with Crippen molar-refractivity contribution < 1.29 is 13.7 Å². The van der Waals surface area contributed by atoms with E-state index in [1.807, 2.05) is 31.2 Å². The van der Waals surface area contributed by atoms with Crippen LogP contribution in [0.25, 0.3) is 11.5 Å². The van der Waals surface area contributed by atoms with Crippen molar-refractivity contribution in [3.63, 3.8) is 0 Å². The summed E-state index contributed by atoms with van der Waals surface area (Å²) in [6.07, 6.45) is 0. The minimum absolute atomic E-state index is 0.0686. The molecule has 0 N–H and O–H groups in total. The third kappa shape index (κ3) is 4.09. The predicted molar refractivity (Wildman–Crippen MR) is 102 cm³/mol. The maximum atomic E-state index is 13.0. The van der Waals surface area contributed by atoms with E-state index in [0.29, 0.717) is 36.9 Å². The highest BCUT2D eigenvalue weighted by Gasteiger charge is 2.23. The van der Waals surface area contributed by atoms with Gasteiger partial charge in [-0.25, -0.2) is 4.39 Å². The van der Waals surface area contributed by atoms with Crippen LogP contribution in [0.5, 0.6) is 0 Å². The quantitative estimate of drug-likeness (QED) is 0.696. The Bertz CT molecular complexity index is 945. The SMILES string of the molecule is Cc1ccc(-c2nc(CN3CCN(C(=O)c4ccc(F)cc4)CC3)no2)cc1. The summed E-state index contributed by atoms with van der Waals surface area (Å²) in [5.41, 5.74) is 2.59. The van der Waals surface area contributed by atoms with Gasteiger partial charge in [-0.1, -0.05) is 22.9 Å². The largest absolute Gasteiger partial charge is 0.336 e. The third-order valence-corrected chi connectivity index (χ3v) is 4.88. The van der Waals surface area contributed by atoms with Crippen LogP contribution in [-0.2, 0) is 6.54 Å². The highest BCUT2D eigenvalue weighted by molar-refractivity contribution is 5.94. The summed E-state index contributed by atoms with van der Waals surface area (Å²) in [5, 5.41) is 4.08. The summed E-state index contributed by atoms with van der Waals surface area (Å²) < 4.78 is 18.4. The first kappa shape index (κ1) is 18.3. The fourth-order valence-corrected chi connectivity index (χ4v) is 3.22. The van der Waals surface area contributed by atoms with Gasteiger partial charge in [0.2, 0.25) is 0 Å². The van der Waals surface area contributed by atoms with Gasteiger partial charge in [-0.15, -0.1) is 0 Å². The number of hydrogen-bond acceptors (Lipinski definition) is 5. The number of hydrogen-bond donors (Lipinski definition) is 0. The Hall–Kier alpha value is -3.06. The second-order valence-corrected chi connectivity index (χ2v) is 6.96. The van der Waals surface area contributed by atoms with Crippen molar-refractivity contribution in [1.29, 1.82) is 0 Å². The summed E-state index contributed by atoms with van der Waals surface area (Å²) in [6, 6.07) is 13.6. The Labute approximate surface area is 162 Å². The van der Waals surface area contributed by atoms with Gasteiger partial charge in [0.25, 0.3) is 11.8 Å². The lowest BCUT2D eigenvalue weighted by Gasteiger charge is -2.34. The molecule has 1 aromatic heterocycles. The Kier molecular flexibility index (Phi) is 5.16. The minimum Gasteiger partial charge on any atom is -0.336 e. The molecule has 4 rings (SSSR count). The summed E-state index contributed by atoms with van der Waals surface area (Å²) in [7, 11) is 0. The van der Waals surface area contributed by atoms with Gasteiger partial charge < -0.3 is 9.42 Å². The summed E-state index contributed by atoms with van der Waals surface area (Å²) in [5.74, 6) is 0.737. The van der Waals surface area contributed by atoms with Crippen molar-refractivity contribution in [3.05, 3.63) is 71.3 Å². The van der Waals surface area contributed by atoms with E-state index in [9.17, 15) is 9.18 Å². The molecule has 0 saturated carbocycles. The number of amides is 1. The second kappa shape index (κ2) is 7.90. The lowest BCUT2D eigenvalue weighted by Crippen LogP contribution is -2.48. The Morgan fingerprint density at radius 2 is 1.71 bits per heavy atom. The molecule has 1 aliphatic heterocycles. The van der Waals surface area contributed by atoms with E-state index in [4.69, 9.17) is 4.52 Å². The van der Waals surface area contributed by atoms with E-state index in [1.54, 1.807) is 4.90 Å². The van der Waals surface area contributed by atoms with Gasteiger partial charge in [-0.05, 0) is 43.3 Å². The first-order valence-electron chi connectivity index (χ1n) is 9.25. The van der Waals surface area contributed by atoms with E-state index in [0.717, 1.165) is 18.7 Å². The molecule has 3 aromatic rings. The number of carbonyl (C=O) groups excluding carboxylic acids is 1. The molecule has 0 radical (unpaired) electrons. The van der Waals surface area contributed by atoms with Crippen LogP contribution in [0.3, 0.4) is 0 Å². The number of aromatic nitrogens is 2. The van der Waals surface area contributed by atoms with Gasteiger partial charge in [0.05, 0.1) is 6.54 Å². The van der Waals surface area contributed by atoms with Crippen LogP contribution in [0, 0.1) is 12.7 Å².